The van der Waals surface area contributed by atoms with Crippen LogP contribution in [-0.2, 0) is 11.8 Å². The molecule has 4 rings (SSSR count). The molecule has 150 valence electrons. The molecule has 1 amide bonds. The van der Waals surface area contributed by atoms with E-state index in [1.165, 1.54) is 24.4 Å². The van der Waals surface area contributed by atoms with Gasteiger partial charge in [-0.1, -0.05) is 18.2 Å². The van der Waals surface area contributed by atoms with Crippen molar-refractivity contribution >= 4 is 5.91 Å². The third kappa shape index (κ3) is 3.99. The van der Waals surface area contributed by atoms with Crippen molar-refractivity contribution in [2.75, 3.05) is 13.1 Å². The molecule has 0 aliphatic carbocycles. The van der Waals surface area contributed by atoms with Crippen LogP contribution < -0.4 is 5.56 Å². The molecule has 6 nitrogen and oxygen atoms in total. The fourth-order valence-electron chi connectivity index (χ4n) is 3.81. The summed E-state index contributed by atoms with van der Waals surface area (Å²) in [5.41, 5.74) is 0.330. The van der Waals surface area contributed by atoms with E-state index < -0.39 is 5.41 Å². The van der Waals surface area contributed by atoms with Crippen molar-refractivity contribution in [2.45, 2.75) is 31.6 Å². The molecule has 2 aromatic heterocycles. The van der Waals surface area contributed by atoms with Gasteiger partial charge in [0.15, 0.2) is 0 Å². The van der Waals surface area contributed by atoms with Gasteiger partial charge in [-0.05, 0) is 37.5 Å². The third-order valence-electron chi connectivity index (χ3n) is 5.41. The van der Waals surface area contributed by atoms with Crippen LogP contribution in [0.4, 0.5) is 4.39 Å². The molecule has 1 saturated heterocycles. The van der Waals surface area contributed by atoms with Gasteiger partial charge in [-0.25, -0.2) is 9.37 Å². The first-order chi connectivity index (χ1) is 13.9. The number of nitrogens with one attached hydrogen (secondary N) is 1. The highest BCUT2D eigenvalue weighted by molar-refractivity contribution is 5.94. The fraction of sp³-hybridized carbons (Fsp3) is 0.318. The number of nitrogens with zero attached hydrogens (tertiary/aromatic N) is 2. The van der Waals surface area contributed by atoms with Gasteiger partial charge < -0.3 is 14.3 Å². The Hall–Kier alpha value is -3.22. The summed E-state index contributed by atoms with van der Waals surface area (Å²) >= 11 is 0. The summed E-state index contributed by atoms with van der Waals surface area (Å²) in [5, 5.41) is 0. The first kappa shape index (κ1) is 19.1. The highest BCUT2D eigenvalue weighted by atomic mass is 19.1. The monoisotopic (exact) mass is 395 g/mol. The van der Waals surface area contributed by atoms with Crippen LogP contribution in [0.1, 0.15) is 47.3 Å². The maximum absolute atomic E-state index is 13.9. The van der Waals surface area contributed by atoms with E-state index in [0.29, 0.717) is 42.3 Å². The molecular formula is C22H22FN3O3. The number of likely N-dealkylation sites (tertiary alicyclic amines) is 1. The topological polar surface area (TPSA) is 79.2 Å². The second-order valence-corrected chi connectivity index (χ2v) is 7.73. The van der Waals surface area contributed by atoms with Gasteiger partial charge in [0.2, 0.25) is 11.4 Å². The number of carbonyl (C=O) groups excluding carboxylic acids is 1. The zero-order chi connectivity index (χ0) is 20.4. The van der Waals surface area contributed by atoms with E-state index in [1.807, 2.05) is 6.92 Å². The number of benzene rings is 1. The highest BCUT2D eigenvalue weighted by Gasteiger charge is 2.38. The van der Waals surface area contributed by atoms with Crippen LogP contribution >= 0.6 is 0 Å². The van der Waals surface area contributed by atoms with Gasteiger partial charge in [-0.3, -0.25) is 9.59 Å². The van der Waals surface area contributed by atoms with E-state index in [-0.39, 0.29) is 17.3 Å². The first-order valence-electron chi connectivity index (χ1n) is 9.61. The quantitative estimate of drug-likeness (QED) is 0.735. The van der Waals surface area contributed by atoms with Crippen LogP contribution in [0.25, 0.3) is 0 Å². The number of aromatic amines is 1. The Labute approximate surface area is 167 Å². The van der Waals surface area contributed by atoms with E-state index in [4.69, 9.17) is 4.42 Å². The molecule has 7 heteroatoms. The van der Waals surface area contributed by atoms with Crippen LogP contribution in [0.15, 0.2) is 58.0 Å². The van der Waals surface area contributed by atoms with Crippen molar-refractivity contribution in [3.05, 3.63) is 87.7 Å². The molecule has 0 spiro atoms. The lowest BCUT2D eigenvalue weighted by molar-refractivity contribution is 0.0625. The van der Waals surface area contributed by atoms with Gasteiger partial charge in [0.05, 0.1) is 17.2 Å². The predicted molar refractivity (Wildman–Crippen MR) is 105 cm³/mol. The lowest BCUT2D eigenvalue weighted by atomic mass is 9.81. The molecule has 1 aromatic carbocycles. The van der Waals surface area contributed by atoms with Gasteiger partial charge in [0.25, 0.3) is 5.91 Å². The second-order valence-electron chi connectivity index (χ2n) is 7.73. The second kappa shape index (κ2) is 7.66. The van der Waals surface area contributed by atoms with E-state index in [9.17, 15) is 14.0 Å². The number of amides is 1. The predicted octanol–water partition coefficient (Wildman–Crippen LogP) is 3.29. The average Bonchev–Trinajstić information content (AvgIpc) is 3.19. The number of H-pyrrole nitrogens is 1. The van der Waals surface area contributed by atoms with Gasteiger partial charge in [-0.2, -0.15) is 0 Å². The smallest absolute Gasteiger partial charge is 0.255 e. The molecule has 3 aromatic rings. The number of rotatable bonds is 4. The number of pyridine rings is 1. The van der Waals surface area contributed by atoms with Crippen molar-refractivity contribution < 1.29 is 13.6 Å². The zero-order valence-corrected chi connectivity index (χ0v) is 16.2. The Kier molecular flexibility index (Phi) is 5.05. The summed E-state index contributed by atoms with van der Waals surface area (Å²) in [4.78, 5) is 32.8. The van der Waals surface area contributed by atoms with Crippen molar-refractivity contribution in [1.82, 2.24) is 14.9 Å². The SMILES string of the molecule is C[C@]1(c2ncc(Cc3ccccc3F)o2)CCCN(C(=O)c2ccc(=O)[nH]c2)C1. The number of oxazole rings is 1. The summed E-state index contributed by atoms with van der Waals surface area (Å²) in [6, 6.07) is 9.48. The maximum atomic E-state index is 13.9. The first-order valence-corrected chi connectivity index (χ1v) is 9.61. The third-order valence-corrected chi connectivity index (χ3v) is 5.41. The Morgan fingerprint density at radius 1 is 1.31 bits per heavy atom. The molecule has 1 atom stereocenters. The summed E-state index contributed by atoms with van der Waals surface area (Å²) in [7, 11) is 0. The Morgan fingerprint density at radius 2 is 2.14 bits per heavy atom. The summed E-state index contributed by atoms with van der Waals surface area (Å²) < 4.78 is 19.9. The van der Waals surface area contributed by atoms with Crippen LogP contribution in [-0.4, -0.2) is 33.9 Å². The van der Waals surface area contributed by atoms with Gasteiger partial charge in [0, 0.05) is 31.8 Å². The minimum absolute atomic E-state index is 0.134. The number of halogens is 1. The minimum atomic E-state index is -0.427. The number of aromatic nitrogens is 2. The van der Waals surface area contributed by atoms with E-state index in [1.54, 1.807) is 29.3 Å². The Bertz CT molecular complexity index is 1070. The van der Waals surface area contributed by atoms with Crippen LogP contribution in [0.3, 0.4) is 0 Å². The van der Waals surface area contributed by atoms with Crippen molar-refractivity contribution in [3.8, 4) is 0 Å². The molecule has 1 aliphatic heterocycles. The molecule has 3 heterocycles. The lowest BCUT2D eigenvalue weighted by Crippen LogP contribution is -2.47. The van der Waals surface area contributed by atoms with E-state index in [2.05, 4.69) is 9.97 Å². The fourth-order valence-corrected chi connectivity index (χ4v) is 3.81. The average molecular weight is 395 g/mol. The van der Waals surface area contributed by atoms with Gasteiger partial charge in [-0.15, -0.1) is 0 Å². The molecule has 0 unspecified atom stereocenters. The summed E-state index contributed by atoms with van der Waals surface area (Å²) in [5.74, 6) is 0.746. The van der Waals surface area contributed by atoms with Gasteiger partial charge >= 0.3 is 0 Å². The molecular weight excluding hydrogens is 373 g/mol. The van der Waals surface area contributed by atoms with Crippen molar-refractivity contribution in [1.29, 1.82) is 0 Å². The summed E-state index contributed by atoms with van der Waals surface area (Å²) in [6.07, 6.45) is 5.05. The van der Waals surface area contributed by atoms with Crippen LogP contribution in [0.2, 0.25) is 0 Å². The van der Waals surface area contributed by atoms with Crippen molar-refractivity contribution in [3.63, 3.8) is 0 Å². The number of hydrogen-bond acceptors (Lipinski definition) is 4. The lowest BCUT2D eigenvalue weighted by Gasteiger charge is -2.38. The van der Waals surface area contributed by atoms with E-state index in [0.717, 1.165) is 12.8 Å². The summed E-state index contributed by atoms with van der Waals surface area (Å²) in [6.45, 7) is 3.12. The zero-order valence-electron chi connectivity index (χ0n) is 16.2. The van der Waals surface area contributed by atoms with Crippen LogP contribution in [0, 0.1) is 5.82 Å². The number of piperidine rings is 1. The molecule has 0 bridgehead atoms. The maximum Gasteiger partial charge on any atom is 0.255 e. The number of hydrogen-bond donors (Lipinski definition) is 1. The molecule has 29 heavy (non-hydrogen) atoms. The normalized spacial score (nSPS) is 19.3. The molecule has 0 saturated carbocycles. The standard InChI is InChI=1S/C22H22FN3O3/c1-22(21-25-13-17(29-21)11-15-5-2-3-6-18(15)23)9-4-10-26(14-22)20(28)16-7-8-19(27)24-12-16/h2-3,5-8,12-13H,4,9-11,14H2,1H3,(H,24,27)/t22-/m0/s1. The molecule has 1 N–H and O–H groups in total. The molecule has 0 radical (unpaired) electrons. The Balaban J connectivity index is 1.51. The molecule has 1 aliphatic rings. The largest absolute Gasteiger partial charge is 0.445 e. The Morgan fingerprint density at radius 3 is 2.90 bits per heavy atom. The molecule has 1 fully saturated rings. The van der Waals surface area contributed by atoms with Gasteiger partial charge in [0.1, 0.15) is 11.6 Å². The van der Waals surface area contributed by atoms with Crippen molar-refractivity contribution in [2.24, 2.45) is 0 Å². The minimum Gasteiger partial charge on any atom is -0.445 e. The van der Waals surface area contributed by atoms with Crippen LogP contribution in [0.5, 0.6) is 0 Å². The van der Waals surface area contributed by atoms with E-state index >= 15 is 0 Å². The number of carbonyl (C=O) groups is 1. The highest BCUT2D eigenvalue weighted by Crippen LogP contribution is 2.34.